The Balaban J connectivity index is 2.05. The molecule has 1 aromatic carbocycles. The van der Waals surface area contributed by atoms with Gasteiger partial charge in [0, 0.05) is 25.7 Å². The smallest absolute Gasteiger partial charge is 0.291 e. The van der Waals surface area contributed by atoms with Crippen molar-refractivity contribution in [2.45, 2.75) is 13.0 Å². The summed E-state index contributed by atoms with van der Waals surface area (Å²) in [5.41, 5.74) is 1.51. The van der Waals surface area contributed by atoms with Crippen molar-refractivity contribution in [2.24, 2.45) is 0 Å². The molecule has 5 nitrogen and oxygen atoms in total. The molecule has 2 heterocycles. The molecule has 0 amide bonds. The van der Waals surface area contributed by atoms with Crippen LogP contribution in [0.1, 0.15) is 6.92 Å². The quantitative estimate of drug-likeness (QED) is 0.776. The molecular weight excluding hydrogens is 228 g/mol. The van der Waals surface area contributed by atoms with Crippen LogP contribution in [0.4, 0.5) is 5.82 Å². The lowest BCUT2D eigenvalue weighted by molar-refractivity contribution is 0.481. The monoisotopic (exact) mass is 244 g/mol. The molecule has 0 bridgehead atoms. The van der Waals surface area contributed by atoms with Crippen LogP contribution < -0.4 is 15.8 Å². The molecule has 3 rings (SSSR count). The van der Waals surface area contributed by atoms with Crippen molar-refractivity contribution < 1.29 is 0 Å². The molecule has 1 aliphatic rings. The second kappa shape index (κ2) is 4.42. The maximum absolute atomic E-state index is 12.1. The Morgan fingerprint density at radius 2 is 2.22 bits per heavy atom. The number of nitrogens with one attached hydrogen (secondary N) is 2. The highest BCUT2D eigenvalue weighted by molar-refractivity contribution is 5.75. The van der Waals surface area contributed by atoms with Gasteiger partial charge in [-0.3, -0.25) is 4.79 Å². The van der Waals surface area contributed by atoms with Gasteiger partial charge in [0.05, 0.1) is 11.0 Å². The van der Waals surface area contributed by atoms with Crippen LogP contribution >= 0.6 is 0 Å². The van der Waals surface area contributed by atoms with Gasteiger partial charge < -0.3 is 15.2 Å². The van der Waals surface area contributed by atoms with Crippen molar-refractivity contribution in [1.82, 2.24) is 15.3 Å². The minimum Gasteiger partial charge on any atom is -0.349 e. The van der Waals surface area contributed by atoms with E-state index in [0.717, 1.165) is 30.7 Å². The summed E-state index contributed by atoms with van der Waals surface area (Å²) < 4.78 is 0. The Morgan fingerprint density at radius 3 is 3.06 bits per heavy atom. The third-order valence-corrected chi connectivity index (χ3v) is 3.25. The SMILES string of the molecule is CC1CN(c2nc3ccccc3[nH]c2=O)CCN1. The van der Waals surface area contributed by atoms with E-state index in [1.165, 1.54) is 0 Å². The minimum absolute atomic E-state index is 0.109. The van der Waals surface area contributed by atoms with Gasteiger partial charge >= 0.3 is 0 Å². The van der Waals surface area contributed by atoms with Crippen LogP contribution in [-0.2, 0) is 0 Å². The number of aromatic amines is 1. The molecule has 2 aromatic rings. The molecule has 5 heteroatoms. The molecule has 0 aliphatic carbocycles. The summed E-state index contributed by atoms with van der Waals surface area (Å²) in [6.45, 7) is 4.63. The highest BCUT2D eigenvalue weighted by Gasteiger charge is 2.19. The number of nitrogens with zero attached hydrogens (tertiary/aromatic N) is 2. The van der Waals surface area contributed by atoms with Crippen molar-refractivity contribution in [3.8, 4) is 0 Å². The fourth-order valence-electron chi connectivity index (χ4n) is 2.36. The average Bonchev–Trinajstić information content (AvgIpc) is 2.38. The number of benzene rings is 1. The Morgan fingerprint density at radius 1 is 1.39 bits per heavy atom. The number of rotatable bonds is 1. The van der Waals surface area contributed by atoms with E-state index in [0.29, 0.717) is 11.9 Å². The van der Waals surface area contributed by atoms with Crippen LogP contribution in [0.3, 0.4) is 0 Å². The Hall–Kier alpha value is -1.88. The maximum Gasteiger partial charge on any atom is 0.291 e. The summed E-state index contributed by atoms with van der Waals surface area (Å²) in [5.74, 6) is 0.530. The second-order valence-electron chi connectivity index (χ2n) is 4.71. The van der Waals surface area contributed by atoms with E-state index in [1.807, 2.05) is 29.2 Å². The Labute approximate surface area is 105 Å². The predicted molar refractivity (Wildman–Crippen MR) is 72.0 cm³/mol. The number of anilines is 1. The molecule has 2 N–H and O–H groups in total. The highest BCUT2D eigenvalue weighted by Crippen LogP contribution is 2.12. The summed E-state index contributed by atoms with van der Waals surface area (Å²) in [6.07, 6.45) is 0. The predicted octanol–water partition coefficient (Wildman–Crippen LogP) is 0.721. The number of para-hydroxylation sites is 2. The van der Waals surface area contributed by atoms with Crippen molar-refractivity contribution in [1.29, 1.82) is 0 Å². The number of H-pyrrole nitrogens is 1. The molecule has 1 unspecified atom stereocenters. The zero-order chi connectivity index (χ0) is 12.5. The summed E-state index contributed by atoms with van der Waals surface area (Å²) >= 11 is 0. The molecule has 1 fully saturated rings. The van der Waals surface area contributed by atoms with Crippen LogP contribution in [0.25, 0.3) is 11.0 Å². The van der Waals surface area contributed by atoms with Gasteiger partial charge in [0.15, 0.2) is 5.82 Å². The molecule has 94 valence electrons. The molecule has 1 aromatic heterocycles. The first-order valence-electron chi connectivity index (χ1n) is 6.21. The van der Waals surface area contributed by atoms with Gasteiger partial charge in [-0.05, 0) is 19.1 Å². The van der Waals surface area contributed by atoms with Gasteiger partial charge in [0.2, 0.25) is 0 Å². The molecule has 0 radical (unpaired) electrons. The third kappa shape index (κ3) is 1.97. The van der Waals surface area contributed by atoms with Gasteiger partial charge in [-0.2, -0.15) is 0 Å². The fourth-order valence-corrected chi connectivity index (χ4v) is 2.36. The summed E-state index contributed by atoms with van der Waals surface area (Å²) in [7, 11) is 0. The van der Waals surface area contributed by atoms with Gasteiger partial charge in [-0.25, -0.2) is 4.98 Å². The number of hydrogen-bond donors (Lipinski definition) is 2. The minimum atomic E-state index is -0.109. The van der Waals surface area contributed by atoms with Gasteiger partial charge in [0.1, 0.15) is 0 Å². The van der Waals surface area contributed by atoms with Crippen LogP contribution in [0, 0.1) is 0 Å². The lowest BCUT2D eigenvalue weighted by Crippen LogP contribution is -2.50. The molecule has 0 spiro atoms. The van der Waals surface area contributed by atoms with E-state index in [1.54, 1.807) is 0 Å². The second-order valence-corrected chi connectivity index (χ2v) is 4.71. The largest absolute Gasteiger partial charge is 0.349 e. The van der Waals surface area contributed by atoms with E-state index in [-0.39, 0.29) is 5.56 Å². The fraction of sp³-hybridized carbons (Fsp3) is 0.385. The Kier molecular flexibility index (Phi) is 2.76. The standard InChI is InChI=1S/C13H16N4O/c1-9-8-17(7-6-14-9)12-13(18)16-11-5-3-2-4-10(11)15-12/h2-5,9,14H,6-8H2,1H3,(H,16,18). The van der Waals surface area contributed by atoms with E-state index >= 15 is 0 Å². The highest BCUT2D eigenvalue weighted by atomic mass is 16.1. The number of aromatic nitrogens is 2. The molecule has 18 heavy (non-hydrogen) atoms. The van der Waals surface area contributed by atoms with Crippen LogP contribution in [0.2, 0.25) is 0 Å². The van der Waals surface area contributed by atoms with Crippen molar-refractivity contribution in [3.63, 3.8) is 0 Å². The van der Waals surface area contributed by atoms with Gasteiger partial charge in [-0.1, -0.05) is 12.1 Å². The number of fused-ring (bicyclic) bond motifs is 1. The lowest BCUT2D eigenvalue weighted by atomic mass is 10.2. The summed E-state index contributed by atoms with van der Waals surface area (Å²) in [6, 6.07) is 7.99. The van der Waals surface area contributed by atoms with Gasteiger partial charge in [-0.15, -0.1) is 0 Å². The average molecular weight is 244 g/mol. The van der Waals surface area contributed by atoms with E-state index in [4.69, 9.17) is 0 Å². The zero-order valence-corrected chi connectivity index (χ0v) is 10.3. The number of piperazine rings is 1. The number of hydrogen-bond acceptors (Lipinski definition) is 4. The lowest BCUT2D eigenvalue weighted by Gasteiger charge is -2.32. The molecule has 1 atom stereocenters. The van der Waals surface area contributed by atoms with Gasteiger partial charge in [0.25, 0.3) is 5.56 Å². The summed E-state index contributed by atoms with van der Waals surface area (Å²) in [5, 5.41) is 3.36. The van der Waals surface area contributed by atoms with Crippen LogP contribution in [-0.4, -0.2) is 35.6 Å². The third-order valence-electron chi connectivity index (χ3n) is 3.25. The maximum atomic E-state index is 12.1. The molecule has 1 saturated heterocycles. The topological polar surface area (TPSA) is 61.0 Å². The first-order valence-corrected chi connectivity index (χ1v) is 6.21. The molecule has 0 saturated carbocycles. The van der Waals surface area contributed by atoms with E-state index < -0.39 is 0 Å². The first-order chi connectivity index (χ1) is 8.74. The normalized spacial score (nSPS) is 20.3. The van der Waals surface area contributed by atoms with E-state index in [2.05, 4.69) is 22.2 Å². The molecule has 1 aliphatic heterocycles. The van der Waals surface area contributed by atoms with E-state index in [9.17, 15) is 4.79 Å². The van der Waals surface area contributed by atoms with Crippen molar-refractivity contribution in [3.05, 3.63) is 34.6 Å². The molecular formula is C13H16N4O. The Bertz CT molecular complexity index is 622. The van der Waals surface area contributed by atoms with Crippen LogP contribution in [0.5, 0.6) is 0 Å². The van der Waals surface area contributed by atoms with Crippen LogP contribution in [0.15, 0.2) is 29.1 Å². The summed E-state index contributed by atoms with van der Waals surface area (Å²) in [4.78, 5) is 21.5. The van der Waals surface area contributed by atoms with Crippen molar-refractivity contribution in [2.75, 3.05) is 24.5 Å². The first kappa shape index (κ1) is 11.2. The van der Waals surface area contributed by atoms with Crippen molar-refractivity contribution >= 4 is 16.9 Å². The zero-order valence-electron chi connectivity index (χ0n) is 10.3.